The molecule has 1 aliphatic heterocycles. The summed E-state index contributed by atoms with van der Waals surface area (Å²) in [5.74, 6) is 0.0751. The van der Waals surface area contributed by atoms with Crippen LogP contribution in [-0.4, -0.2) is 29.2 Å². The SMILES string of the molecule is CCOC(=O)C1=C(C)N=c2sc(=Cc3ccncc3)c(=O)n2[C@H]1c1c(OC)ccc2ccccc12. The van der Waals surface area contributed by atoms with Crippen LogP contribution in [0.2, 0.25) is 0 Å². The lowest BCUT2D eigenvalue weighted by atomic mass is 9.90. The zero-order valence-electron chi connectivity index (χ0n) is 19.5. The first-order chi connectivity index (χ1) is 17.0. The summed E-state index contributed by atoms with van der Waals surface area (Å²) in [7, 11) is 1.58. The number of hydrogen-bond donors (Lipinski definition) is 0. The molecule has 0 radical (unpaired) electrons. The van der Waals surface area contributed by atoms with Crippen LogP contribution in [-0.2, 0) is 9.53 Å². The van der Waals surface area contributed by atoms with Crippen LogP contribution in [0.5, 0.6) is 5.75 Å². The molecule has 7 nitrogen and oxygen atoms in total. The fraction of sp³-hybridized carbons (Fsp3) is 0.185. The van der Waals surface area contributed by atoms with E-state index in [-0.39, 0.29) is 12.2 Å². The Morgan fingerprint density at radius 1 is 1.14 bits per heavy atom. The second kappa shape index (κ2) is 9.31. The third-order valence-corrected chi connectivity index (χ3v) is 6.93. The molecule has 0 saturated heterocycles. The molecule has 1 atom stereocenters. The molecule has 35 heavy (non-hydrogen) atoms. The summed E-state index contributed by atoms with van der Waals surface area (Å²) in [6, 6.07) is 14.6. The monoisotopic (exact) mass is 485 g/mol. The molecule has 0 amide bonds. The Kier molecular flexibility index (Phi) is 6.05. The van der Waals surface area contributed by atoms with E-state index in [9.17, 15) is 9.59 Å². The molecule has 0 saturated carbocycles. The first-order valence-electron chi connectivity index (χ1n) is 11.2. The smallest absolute Gasteiger partial charge is 0.338 e. The number of carbonyl (C=O) groups is 1. The highest BCUT2D eigenvalue weighted by molar-refractivity contribution is 7.07. The number of carbonyl (C=O) groups excluding carboxylic acids is 1. The summed E-state index contributed by atoms with van der Waals surface area (Å²) in [5, 5.41) is 1.86. The van der Waals surface area contributed by atoms with Gasteiger partial charge in [0.05, 0.1) is 29.5 Å². The lowest BCUT2D eigenvalue weighted by Gasteiger charge is -2.27. The van der Waals surface area contributed by atoms with Gasteiger partial charge < -0.3 is 9.47 Å². The van der Waals surface area contributed by atoms with Gasteiger partial charge in [-0.15, -0.1) is 0 Å². The number of allylic oxidation sites excluding steroid dienone is 1. The molecule has 1 aliphatic rings. The molecule has 0 unspecified atom stereocenters. The van der Waals surface area contributed by atoms with Crippen molar-refractivity contribution in [3.05, 3.63) is 103 Å². The van der Waals surface area contributed by atoms with E-state index < -0.39 is 12.0 Å². The largest absolute Gasteiger partial charge is 0.496 e. The maximum absolute atomic E-state index is 13.8. The van der Waals surface area contributed by atoms with Gasteiger partial charge in [-0.25, -0.2) is 9.79 Å². The van der Waals surface area contributed by atoms with Gasteiger partial charge in [0.15, 0.2) is 4.80 Å². The van der Waals surface area contributed by atoms with Gasteiger partial charge >= 0.3 is 5.97 Å². The van der Waals surface area contributed by atoms with Crippen molar-refractivity contribution in [2.75, 3.05) is 13.7 Å². The number of nitrogens with zero attached hydrogens (tertiary/aromatic N) is 3. The summed E-state index contributed by atoms with van der Waals surface area (Å²) in [6.45, 7) is 3.74. The third kappa shape index (κ3) is 3.95. The van der Waals surface area contributed by atoms with Crippen molar-refractivity contribution in [2.45, 2.75) is 19.9 Å². The quantitative estimate of drug-likeness (QED) is 0.405. The van der Waals surface area contributed by atoms with Crippen molar-refractivity contribution in [3.63, 3.8) is 0 Å². The first kappa shape index (κ1) is 22.7. The Hall–Kier alpha value is -4.04. The Morgan fingerprint density at radius 3 is 2.66 bits per heavy atom. The van der Waals surface area contributed by atoms with Gasteiger partial charge in [0.25, 0.3) is 5.56 Å². The van der Waals surface area contributed by atoms with E-state index in [4.69, 9.17) is 9.47 Å². The van der Waals surface area contributed by atoms with Crippen LogP contribution >= 0.6 is 11.3 Å². The van der Waals surface area contributed by atoms with Crippen LogP contribution in [0.1, 0.15) is 31.0 Å². The fourth-order valence-electron chi connectivity index (χ4n) is 4.41. The summed E-state index contributed by atoms with van der Waals surface area (Å²) >= 11 is 1.29. The van der Waals surface area contributed by atoms with Gasteiger partial charge in [-0.1, -0.05) is 41.7 Å². The van der Waals surface area contributed by atoms with Gasteiger partial charge in [-0.05, 0) is 54.5 Å². The number of ether oxygens (including phenoxy) is 2. The van der Waals surface area contributed by atoms with Crippen molar-refractivity contribution in [1.82, 2.24) is 9.55 Å². The topological polar surface area (TPSA) is 82.8 Å². The standard InChI is InChI=1S/C27H23N3O4S/c1-4-34-26(32)22-16(2)29-27-30(25(31)21(35-27)15-17-11-13-28-14-12-17)24(22)23-19-8-6-5-7-18(19)9-10-20(23)33-3/h5-15,24H,4H2,1-3H3/t24-/m1/s1. The number of thiazole rings is 1. The van der Waals surface area contributed by atoms with Crippen molar-refractivity contribution < 1.29 is 14.3 Å². The Balaban J connectivity index is 1.86. The van der Waals surface area contributed by atoms with E-state index in [0.717, 1.165) is 21.9 Å². The van der Waals surface area contributed by atoms with Crippen LogP contribution < -0.4 is 19.6 Å². The summed E-state index contributed by atoms with van der Waals surface area (Å²) in [6.07, 6.45) is 5.16. The number of methoxy groups -OCH3 is 1. The minimum absolute atomic E-state index is 0.210. The Bertz CT molecular complexity index is 1650. The number of aromatic nitrogens is 2. The van der Waals surface area contributed by atoms with Crippen LogP contribution in [0.3, 0.4) is 0 Å². The molecule has 0 N–H and O–H groups in total. The van der Waals surface area contributed by atoms with E-state index in [2.05, 4.69) is 9.98 Å². The van der Waals surface area contributed by atoms with Crippen LogP contribution in [0.4, 0.5) is 0 Å². The van der Waals surface area contributed by atoms with Crippen molar-refractivity contribution >= 4 is 34.2 Å². The molecule has 2 aromatic heterocycles. The predicted molar refractivity (Wildman–Crippen MR) is 135 cm³/mol. The highest BCUT2D eigenvalue weighted by Gasteiger charge is 2.36. The lowest BCUT2D eigenvalue weighted by molar-refractivity contribution is -0.139. The molecule has 0 fully saturated rings. The molecule has 4 aromatic rings. The van der Waals surface area contributed by atoms with Gasteiger partial charge in [0.1, 0.15) is 11.8 Å². The van der Waals surface area contributed by atoms with Gasteiger partial charge in [-0.3, -0.25) is 14.3 Å². The van der Waals surface area contributed by atoms with Crippen LogP contribution in [0, 0.1) is 0 Å². The molecule has 176 valence electrons. The fourth-order valence-corrected chi connectivity index (χ4v) is 5.46. The van der Waals surface area contributed by atoms with E-state index in [1.54, 1.807) is 37.9 Å². The Labute approximate surface area is 205 Å². The zero-order chi connectivity index (χ0) is 24.5. The molecule has 5 rings (SSSR count). The second-order valence-electron chi connectivity index (χ2n) is 7.99. The van der Waals surface area contributed by atoms with Gasteiger partial charge in [-0.2, -0.15) is 0 Å². The normalized spacial score (nSPS) is 15.6. The lowest BCUT2D eigenvalue weighted by Crippen LogP contribution is -2.40. The van der Waals surface area contributed by atoms with E-state index in [1.807, 2.05) is 54.6 Å². The summed E-state index contributed by atoms with van der Waals surface area (Å²) < 4.78 is 13.3. The van der Waals surface area contributed by atoms with Crippen molar-refractivity contribution in [2.24, 2.45) is 4.99 Å². The number of rotatable bonds is 5. The molecule has 0 spiro atoms. The highest BCUT2D eigenvalue weighted by atomic mass is 32.1. The number of esters is 1. The first-order valence-corrected chi connectivity index (χ1v) is 12.0. The summed E-state index contributed by atoms with van der Waals surface area (Å²) in [4.78, 5) is 36.3. The third-order valence-electron chi connectivity index (χ3n) is 5.94. The second-order valence-corrected chi connectivity index (χ2v) is 8.99. The minimum Gasteiger partial charge on any atom is -0.496 e. The van der Waals surface area contributed by atoms with Gasteiger partial charge in [0, 0.05) is 18.0 Å². The molecule has 3 heterocycles. The average Bonchev–Trinajstić information content (AvgIpc) is 3.17. The zero-order valence-corrected chi connectivity index (χ0v) is 20.3. The molecule has 8 heteroatoms. The molecular formula is C27H23N3O4S. The molecular weight excluding hydrogens is 462 g/mol. The Morgan fingerprint density at radius 2 is 1.91 bits per heavy atom. The van der Waals surface area contributed by atoms with Crippen LogP contribution in [0.15, 0.2) is 82.0 Å². The maximum Gasteiger partial charge on any atom is 0.338 e. The van der Waals surface area contributed by atoms with Crippen molar-refractivity contribution in [1.29, 1.82) is 0 Å². The number of benzene rings is 2. The van der Waals surface area contributed by atoms with E-state index >= 15 is 0 Å². The maximum atomic E-state index is 13.8. The van der Waals surface area contributed by atoms with E-state index in [1.165, 1.54) is 11.3 Å². The highest BCUT2D eigenvalue weighted by Crippen LogP contribution is 2.40. The van der Waals surface area contributed by atoms with Crippen molar-refractivity contribution in [3.8, 4) is 5.75 Å². The molecule has 2 aromatic carbocycles. The molecule has 0 bridgehead atoms. The number of hydrogen-bond acceptors (Lipinski definition) is 7. The van der Waals surface area contributed by atoms with Gasteiger partial charge in [0.2, 0.25) is 0 Å². The predicted octanol–water partition coefficient (Wildman–Crippen LogP) is 3.36. The van der Waals surface area contributed by atoms with Crippen LogP contribution in [0.25, 0.3) is 16.8 Å². The van der Waals surface area contributed by atoms with E-state index in [0.29, 0.717) is 26.4 Å². The molecule has 0 aliphatic carbocycles. The minimum atomic E-state index is -0.758. The number of fused-ring (bicyclic) bond motifs is 2. The number of pyridine rings is 1. The summed E-state index contributed by atoms with van der Waals surface area (Å²) in [5.41, 5.74) is 2.18. The average molecular weight is 486 g/mol.